The molecule has 1 unspecified atom stereocenters. The number of carbonyl (C=O) groups is 2. The van der Waals surface area contributed by atoms with Gasteiger partial charge in [0.2, 0.25) is 5.91 Å². The van der Waals surface area contributed by atoms with Crippen molar-refractivity contribution in [1.82, 2.24) is 4.90 Å². The maximum atomic E-state index is 10.9. The molecule has 64 valence electrons. The second kappa shape index (κ2) is 3.10. The van der Waals surface area contributed by atoms with Crippen LogP contribution >= 0.6 is 0 Å². The zero-order chi connectivity index (χ0) is 9.14. The number of likely N-dealkylation sites (tertiary alicyclic amines) is 1. The highest BCUT2D eigenvalue weighted by atomic mass is 16.4. The van der Waals surface area contributed by atoms with Gasteiger partial charge < -0.3 is 10.0 Å². The van der Waals surface area contributed by atoms with Gasteiger partial charge in [0.1, 0.15) is 12.6 Å². The predicted octanol–water partition coefficient (Wildman–Crippen LogP) is -0.408. The van der Waals surface area contributed by atoms with Crippen LogP contribution in [0.2, 0.25) is 0 Å². The quantitative estimate of drug-likeness (QED) is 0.269. The molecule has 0 aromatic carbocycles. The van der Waals surface area contributed by atoms with E-state index in [0.717, 1.165) is 4.90 Å². The molecule has 0 radical (unpaired) electrons. The summed E-state index contributed by atoms with van der Waals surface area (Å²) in [5.41, 5.74) is 7.96. The molecule has 1 rings (SSSR count). The van der Waals surface area contributed by atoms with Crippen LogP contribution in [0.5, 0.6) is 0 Å². The molecular weight excluding hydrogens is 164 g/mol. The van der Waals surface area contributed by atoms with Crippen LogP contribution in [0.1, 0.15) is 0 Å². The van der Waals surface area contributed by atoms with Gasteiger partial charge in [-0.1, -0.05) is 5.11 Å². The topological polar surface area (TPSA) is 106 Å². The molecule has 0 bridgehead atoms. The molecule has 0 aliphatic carbocycles. The summed E-state index contributed by atoms with van der Waals surface area (Å²) in [6.45, 7) is -0.120. The van der Waals surface area contributed by atoms with Crippen molar-refractivity contribution in [3.63, 3.8) is 0 Å². The van der Waals surface area contributed by atoms with Crippen molar-refractivity contribution in [2.45, 2.75) is 6.04 Å². The fourth-order valence-corrected chi connectivity index (χ4v) is 0.929. The molecule has 0 aromatic heterocycles. The number of amides is 1. The van der Waals surface area contributed by atoms with Crippen molar-refractivity contribution in [3.8, 4) is 0 Å². The van der Waals surface area contributed by atoms with E-state index in [1.807, 2.05) is 0 Å². The molecule has 1 heterocycles. The number of carboxylic acid groups (broad SMARTS) is 1. The van der Waals surface area contributed by atoms with Gasteiger partial charge in [0.05, 0.1) is 0 Å². The van der Waals surface area contributed by atoms with Crippen LogP contribution in [0, 0.1) is 0 Å². The Bertz CT molecular complexity index is 270. The molecule has 1 N–H and O–H groups in total. The van der Waals surface area contributed by atoms with Crippen molar-refractivity contribution in [1.29, 1.82) is 0 Å². The number of rotatable bonds is 3. The van der Waals surface area contributed by atoms with Crippen LogP contribution in [0.4, 0.5) is 0 Å². The summed E-state index contributed by atoms with van der Waals surface area (Å²) in [4.78, 5) is 24.6. The molecule has 0 saturated carbocycles. The number of azide groups is 1. The molecule has 0 spiro atoms. The molecule has 1 amide bonds. The summed E-state index contributed by atoms with van der Waals surface area (Å²) < 4.78 is 0. The van der Waals surface area contributed by atoms with E-state index in [-0.39, 0.29) is 13.1 Å². The summed E-state index contributed by atoms with van der Waals surface area (Å²) in [6, 6.07) is -0.700. The van der Waals surface area contributed by atoms with Gasteiger partial charge >= 0.3 is 5.97 Å². The second-order valence-corrected chi connectivity index (χ2v) is 2.33. The normalized spacial score (nSPS) is 21.2. The van der Waals surface area contributed by atoms with Crippen molar-refractivity contribution >= 4 is 11.9 Å². The van der Waals surface area contributed by atoms with E-state index in [1.165, 1.54) is 0 Å². The largest absolute Gasteiger partial charge is 0.480 e. The Balaban J connectivity index is 2.43. The van der Waals surface area contributed by atoms with E-state index in [2.05, 4.69) is 10.0 Å². The maximum Gasteiger partial charge on any atom is 0.323 e. The highest BCUT2D eigenvalue weighted by molar-refractivity contribution is 5.90. The van der Waals surface area contributed by atoms with Gasteiger partial charge in [-0.2, -0.15) is 0 Å². The first-order valence-electron chi connectivity index (χ1n) is 3.20. The van der Waals surface area contributed by atoms with E-state index < -0.39 is 17.9 Å². The summed E-state index contributed by atoms with van der Waals surface area (Å²) >= 11 is 0. The zero-order valence-electron chi connectivity index (χ0n) is 6.04. The highest BCUT2D eigenvalue weighted by Crippen LogP contribution is 2.12. The number of carboxylic acids is 1. The summed E-state index contributed by atoms with van der Waals surface area (Å²) in [7, 11) is 0. The van der Waals surface area contributed by atoms with E-state index in [1.54, 1.807) is 0 Å². The Morgan fingerprint density at radius 1 is 1.92 bits per heavy atom. The van der Waals surface area contributed by atoms with E-state index >= 15 is 0 Å². The minimum atomic E-state index is -1.07. The fourth-order valence-electron chi connectivity index (χ4n) is 0.929. The third kappa shape index (κ3) is 1.46. The molecular formula is C5H6N4O3. The first-order chi connectivity index (χ1) is 5.65. The van der Waals surface area contributed by atoms with Crippen molar-refractivity contribution < 1.29 is 14.7 Å². The van der Waals surface area contributed by atoms with Gasteiger partial charge in [0.25, 0.3) is 0 Å². The molecule has 7 heteroatoms. The van der Waals surface area contributed by atoms with Crippen molar-refractivity contribution in [2.75, 3.05) is 13.1 Å². The van der Waals surface area contributed by atoms with Crippen LogP contribution in [0.25, 0.3) is 10.4 Å². The second-order valence-electron chi connectivity index (χ2n) is 2.33. The smallest absolute Gasteiger partial charge is 0.323 e. The van der Waals surface area contributed by atoms with E-state index in [9.17, 15) is 9.59 Å². The SMILES string of the molecule is [N-]=[N+]=NC1CN(CC(=O)O)C1=O. The van der Waals surface area contributed by atoms with Crippen LogP contribution in [0.3, 0.4) is 0 Å². The summed E-state index contributed by atoms with van der Waals surface area (Å²) in [5, 5.41) is 11.5. The van der Waals surface area contributed by atoms with Crippen molar-refractivity contribution in [3.05, 3.63) is 10.4 Å². The Labute approximate surface area is 67.2 Å². The third-order valence-corrected chi connectivity index (χ3v) is 1.51. The minimum absolute atomic E-state index is 0.204. The molecule has 7 nitrogen and oxygen atoms in total. The molecule has 12 heavy (non-hydrogen) atoms. The van der Waals surface area contributed by atoms with Gasteiger partial charge in [-0.05, 0) is 5.53 Å². The van der Waals surface area contributed by atoms with Gasteiger partial charge in [-0.25, -0.2) is 0 Å². The Morgan fingerprint density at radius 3 is 3.00 bits per heavy atom. The lowest BCUT2D eigenvalue weighted by Crippen LogP contribution is -2.56. The number of β-lactam (4-membered cyclic amide) rings is 1. The van der Waals surface area contributed by atoms with E-state index in [0.29, 0.717) is 0 Å². The van der Waals surface area contributed by atoms with Gasteiger partial charge in [0.15, 0.2) is 0 Å². The number of carbonyl (C=O) groups excluding carboxylic acids is 1. The Kier molecular flexibility index (Phi) is 2.16. The number of nitrogens with zero attached hydrogens (tertiary/aromatic N) is 4. The third-order valence-electron chi connectivity index (χ3n) is 1.51. The number of hydrogen-bond acceptors (Lipinski definition) is 3. The summed E-state index contributed by atoms with van der Waals surface area (Å²) in [6.07, 6.45) is 0. The molecule has 1 atom stereocenters. The lowest BCUT2D eigenvalue weighted by atomic mass is 10.1. The van der Waals surface area contributed by atoms with Crippen molar-refractivity contribution in [2.24, 2.45) is 5.11 Å². The van der Waals surface area contributed by atoms with E-state index in [4.69, 9.17) is 10.6 Å². The molecule has 1 saturated heterocycles. The monoisotopic (exact) mass is 170 g/mol. The van der Waals surface area contributed by atoms with Crippen LogP contribution in [-0.4, -0.2) is 41.0 Å². The molecule has 1 aliphatic heterocycles. The number of hydrogen-bond donors (Lipinski definition) is 1. The van der Waals surface area contributed by atoms with Crippen LogP contribution < -0.4 is 0 Å². The molecule has 0 aromatic rings. The fraction of sp³-hybridized carbons (Fsp3) is 0.600. The average Bonchev–Trinajstić information content (AvgIpc) is 2.02. The molecule has 1 aliphatic rings. The lowest BCUT2D eigenvalue weighted by molar-refractivity contribution is -0.151. The highest BCUT2D eigenvalue weighted by Gasteiger charge is 2.36. The standard InChI is InChI=1S/C5H6N4O3/c6-8-7-3-1-9(5(3)12)2-4(10)11/h3H,1-2H2,(H,10,11). The minimum Gasteiger partial charge on any atom is -0.480 e. The average molecular weight is 170 g/mol. The first kappa shape index (κ1) is 8.35. The van der Waals surface area contributed by atoms with Crippen LogP contribution in [0.15, 0.2) is 5.11 Å². The summed E-state index contributed by atoms with van der Waals surface area (Å²) in [5.74, 6) is -1.49. The molecule has 1 fully saturated rings. The van der Waals surface area contributed by atoms with Crippen LogP contribution in [-0.2, 0) is 9.59 Å². The van der Waals surface area contributed by atoms with Gasteiger partial charge in [-0.15, -0.1) is 0 Å². The Morgan fingerprint density at radius 2 is 2.58 bits per heavy atom. The maximum absolute atomic E-state index is 10.9. The predicted molar refractivity (Wildman–Crippen MR) is 37.1 cm³/mol. The van der Waals surface area contributed by atoms with Gasteiger partial charge in [-0.3, -0.25) is 9.59 Å². The zero-order valence-corrected chi connectivity index (χ0v) is 6.04. The van der Waals surface area contributed by atoms with Gasteiger partial charge in [0, 0.05) is 11.5 Å². The number of aliphatic carboxylic acids is 1. The Hall–Kier alpha value is -1.75. The lowest BCUT2D eigenvalue weighted by Gasteiger charge is -2.34. The first-order valence-corrected chi connectivity index (χ1v) is 3.20.